The van der Waals surface area contributed by atoms with E-state index in [9.17, 15) is 19.2 Å². The Bertz CT molecular complexity index is 2390. The number of benzene rings is 2. The molecule has 8 rings (SSSR count). The number of nitrogens with zero attached hydrogens (tertiary/aromatic N) is 6. The third-order valence-electron chi connectivity index (χ3n) is 11.5. The van der Waals surface area contributed by atoms with Gasteiger partial charge in [-0.15, -0.1) is 0 Å². The molecular weight excluding hydrogens is 741 g/mol. The Labute approximate surface area is 334 Å². The molecule has 16 nitrogen and oxygen atoms in total. The van der Waals surface area contributed by atoms with Crippen molar-refractivity contribution in [2.24, 2.45) is 11.8 Å². The van der Waals surface area contributed by atoms with Gasteiger partial charge in [-0.2, -0.15) is 0 Å². The maximum Gasteiger partial charge on any atom is 0.407 e. The Morgan fingerprint density at radius 3 is 1.83 bits per heavy atom. The van der Waals surface area contributed by atoms with Gasteiger partial charge in [0.15, 0.2) is 0 Å². The zero-order chi connectivity index (χ0) is 40.8. The van der Waals surface area contributed by atoms with Gasteiger partial charge in [-0.1, -0.05) is 39.8 Å². The predicted octanol–water partition coefficient (Wildman–Crippen LogP) is 6.29. The molecular formula is C42H48N10O6. The van der Waals surface area contributed by atoms with Gasteiger partial charge < -0.3 is 39.9 Å². The fourth-order valence-electron chi connectivity index (χ4n) is 8.42. The minimum atomic E-state index is -0.716. The molecule has 2 saturated heterocycles. The molecule has 0 saturated carbocycles. The summed E-state index contributed by atoms with van der Waals surface area (Å²) in [4.78, 5) is 81.5. The summed E-state index contributed by atoms with van der Waals surface area (Å²) in [6, 6.07) is 10.2. The molecule has 4 aromatic heterocycles. The Morgan fingerprint density at radius 1 is 0.690 bits per heavy atom. The van der Waals surface area contributed by atoms with Crippen LogP contribution in [0, 0.1) is 11.8 Å². The number of imidazole rings is 2. The largest absolute Gasteiger partial charge is 0.453 e. The number of carbonyl (C=O) groups is 4. The predicted molar refractivity (Wildman–Crippen MR) is 217 cm³/mol. The number of pyridine rings is 2. The molecule has 4 atom stereocenters. The summed E-state index contributed by atoms with van der Waals surface area (Å²) in [5, 5.41) is 8.20. The maximum absolute atomic E-state index is 13.7. The smallest absolute Gasteiger partial charge is 0.407 e. The van der Waals surface area contributed by atoms with E-state index in [-0.39, 0.29) is 35.7 Å². The number of alkyl carbamates (subject to hydrolysis) is 2. The molecule has 0 radical (unpaired) electrons. The molecule has 0 aliphatic carbocycles. The number of amides is 4. The van der Waals surface area contributed by atoms with Crippen LogP contribution in [-0.2, 0) is 19.1 Å². The van der Waals surface area contributed by atoms with Crippen molar-refractivity contribution >= 4 is 67.7 Å². The maximum atomic E-state index is 13.7. The van der Waals surface area contributed by atoms with E-state index in [4.69, 9.17) is 29.4 Å². The number of aromatic amines is 2. The number of ether oxygens (including phenoxy) is 2. The quantitative estimate of drug-likeness (QED) is 0.129. The van der Waals surface area contributed by atoms with Crippen molar-refractivity contribution in [3.63, 3.8) is 0 Å². The minimum Gasteiger partial charge on any atom is -0.453 e. The van der Waals surface area contributed by atoms with E-state index in [2.05, 4.69) is 20.6 Å². The van der Waals surface area contributed by atoms with Crippen LogP contribution >= 0.6 is 0 Å². The highest BCUT2D eigenvalue weighted by Crippen LogP contribution is 2.37. The fourth-order valence-corrected chi connectivity index (χ4v) is 8.42. The van der Waals surface area contributed by atoms with Gasteiger partial charge in [0.25, 0.3) is 0 Å². The molecule has 2 aliphatic heterocycles. The van der Waals surface area contributed by atoms with E-state index in [0.717, 1.165) is 75.2 Å². The van der Waals surface area contributed by atoms with Crippen LogP contribution in [0.2, 0.25) is 0 Å². The molecule has 2 aromatic carbocycles. The Kier molecular flexibility index (Phi) is 10.3. The molecule has 2 aliphatic rings. The lowest BCUT2D eigenvalue weighted by Gasteiger charge is -2.29. The minimum absolute atomic E-state index is 0.125. The van der Waals surface area contributed by atoms with Gasteiger partial charge in [0, 0.05) is 35.6 Å². The van der Waals surface area contributed by atoms with Crippen molar-refractivity contribution in [3.8, 4) is 11.3 Å². The normalized spacial score (nSPS) is 18.1. The highest BCUT2D eigenvalue weighted by atomic mass is 16.5. The second-order valence-electron chi connectivity index (χ2n) is 15.8. The van der Waals surface area contributed by atoms with E-state index >= 15 is 0 Å². The number of methoxy groups -OCH3 is 2. The van der Waals surface area contributed by atoms with Crippen molar-refractivity contribution in [3.05, 3.63) is 60.4 Å². The topological polar surface area (TPSA) is 200 Å². The summed E-state index contributed by atoms with van der Waals surface area (Å²) >= 11 is 0. The molecule has 58 heavy (non-hydrogen) atoms. The summed E-state index contributed by atoms with van der Waals surface area (Å²) in [5.41, 5.74) is 5.63. The van der Waals surface area contributed by atoms with Gasteiger partial charge in [-0.25, -0.2) is 19.6 Å². The zero-order valence-electron chi connectivity index (χ0n) is 33.5. The standard InChI is InChI=1S/C42H48N10O6/c1-21(2)33(49-41(55)57-5)39(53)51-15-7-9-31(51)37-45-27-14-12-23-17-28(43-19-26(23)36(27)48-37)24-11-13-25-29(18-24)44-20-30-35(25)47-38(46-30)32-10-8-16-52(32)40(54)34(22(3)4)50-42(56)58-6/h11-14,17-22,31-34H,7-10,15-16H2,1-6H3,(H,45,48)(H,46,47)(H,49,55)(H,50,56)/t31-,32-,33-,34-/m0/s1. The first kappa shape index (κ1) is 38.5. The SMILES string of the molecule is COC(=O)N[C@H](C(=O)N1CCC[C@H]1c1nc2ccc3cc(-c4ccc5c(c4)ncc4nc([C@@H]6CCCN6C(=O)[C@@H](NC(=O)OC)C(C)C)[nH]c45)ncc3c2[nH]1)C(C)C. The summed E-state index contributed by atoms with van der Waals surface area (Å²) in [6.07, 6.45) is 5.47. The van der Waals surface area contributed by atoms with Crippen LogP contribution < -0.4 is 10.6 Å². The number of hydrogen-bond acceptors (Lipinski definition) is 10. The molecule has 4 amide bonds. The number of nitrogens with one attached hydrogen (secondary N) is 4. The Hall–Kier alpha value is -6.32. The molecule has 16 heteroatoms. The molecule has 6 aromatic rings. The van der Waals surface area contributed by atoms with Gasteiger partial charge in [0.05, 0.1) is 60.3 Å². The molecule has 0 unspecified atom stereocenters. The van der Waals surface area contributed by atoms with Crippen molar-refractivity contribution in [2.75, 3.05) is 27.3 Å². The van der Waals surface area contributed by atoms with Crippen molar-refractivity contribution in [1.29, 1.82) is 0 Å². The first-order valence-corrected chi connectivity index (χ1v) is 19.8. The first-order chi connectivity index (χ1) is 27.9. The van der Waals surface area contributed by atoms with Crippen molar-refractivity contribution < 1.29 is 28.7 Å². The molecule has 4 N–H and O–H groups in total. The van der Waals surface area contributed by atoms with Crippen LogP contribution in [0.15, 0.2) is 48.8 Å². The molecule has 0 bridgehead atoms. The number of carbonyl (C=O) groups excluding carboxylic acids is 4. The summed E-state index contributed by atoms with van der Waals surface area (Å²) in [5.74, 6) is 0.820. The number of likely N-dealkylation sites (tertiary alicyclic amines) is 2. The van der Waals surface area contributed by atoms with Crippen LogP contribution in [0.5, 0.6) is 0 Å². The van der Waals surface area contributed by atoms with Crippen LogP contribution in [-0.4, -0.2) is 103 Å². The average Bonchev–Trinajstić information content (AvgIpc) is 4.06. The van der Waals surface area contributed by atoms with Crippen LogP contribution in [0.4, 0.5) is 9.59 Å². The molecule has 0 spiro atoms. The number of aromatic nitrogens is 6. The van der Waals surface area contributed by atoms with Gasteiger partial charge in [-0.05, 0) is 67.2 Å². The lowest BCUT2D eigenvalue weighted by atomic mass is 10.0. The molecule has 2 fully saturated rings. The highest BCUT2D eigenvalue weighted by molar-refractivity contribution is 6.06. The Balaban J connectivity index is 1.05. The van der Waals surface area contributed by atoms with Crippen LogP contribution in [0.1, 0.15) is 77.1 Å². The number of hydrogen-bond donors (Lipinski definition) is 4. The van der Waals surface area contributed by atoms with Crippen LogP contribution in [0.3, 0.4) is 0 Å². The number of fused-ring (bicyclic) bond motifs is 6. The van der Waals surface area contributed by atoms with E-state index < -0.39 is 24.3 Å². The van der Waals surface area contributed by atoms with Crippen LogP contribution in [0.25, 0.3) is 55.0 Å². The zero-order valence-corrected chi connectivity index (χ0v) is 33.5. The van der Waals surface area contributed by atoms with Gasteiger partial charge in [0.1, 0.15) is 29.2 Å². The third kappa shape index (κ3) is 7.00. The lowest BCUT2D eigenvalue weighted by molar-refractivity contribution is -0.136. The molecule has 302 valence electrons. The van der Waals surface area contributed by atoms with E-state index in [1.807, 2.05) is 75.2 Å². The van der Waals surface area contributed by atoms with E-state index in [1.165, 1.54) is 14.2 Å². The average molecular weight is 789 g/mol. The van der Waals surface area contributed by atoms with E-state index in [1.54, 1.807) is 11.1 Å². The summed E-state index contributed by atoms with van der Waals surface area (Å²) in [7, 11) is 2.57. The van der Waals surface area contributed by atoms with Crippen molar-refractivity contribution in [1.82, 2.24) is 50.3 Å². The Morgan fingerprint density at radius 2 is 1.26 bits per heavy atom. The van der Waals surface area contributed by atoms with E-state index in [0.29, 0.717) is 30.3 Å². The van der Waals surface area contributed by atoms with Crippen molar-refractivity contribution in [2.45, 2.75) is 77.5 Å². The monoisotopic (exact) mass is 788 g/mol. The second-order valence-corrected chi connectivity index (χ2v) is 15.8. The highest BCUT2D eigenvalue weighted by Gasteiger charge is 2.39. The number of H-pyrrole nitrogens is 2. The van der Waals surface area contributed by atoms with Gasteiger partial charge >= 0.3 is 12.2 Å². The fraction of sp³-hybridized carbons (Fsp3) is 0.429. The first-order valence-electron chi connectivity index (χ1n) is 19.8. The molecule has 6 heterocycles. The number of rotatable bonds is 9. The third-order valence-corrected chi connectivity index (χ3v) is 11.5. The summed E-state index contributed by atoms with van der Waals surface area (Å²) in [6.45, 7) is 8.72. The van der Waals surface area contributed by atoms with Gasteiger partial charge in [0.2, 0.25) is 11.8 Å². The second kappa shape index (κ2) is 15.6. The summed E-state index contributed by atoms with van der Waals surface area (Å²) < 4.78 is 9.56. The lowest BCUT2D eigenvalue weighted by Crippen LogP contribution is -2.51. The van der Waals surface area contributed by atoms with Gasteiger partial charge in [-0.3, -0.25) is 19.6 Å².